The van der Waals surface area contributed by atoms with E-state index in [1.807, 2.05) is 0 Å². The summed E-state index contributed by atoms with van der Waals surface area (Å²) in [5.74, 6) is -0.0795. The van der Waals surface area contributed by atoms with Crippen molar-refractivity contribution in [2.75, 3.05) is 24.6 Å². The number of carbonyl (C=O) groups excluding carboxylic acids is 2. The normalized spacial score (nSPS) is 18.6. The van der Waals surface area contributed by atoms with Gasteiger partial charge in [0, 0.05) is 31.6 Å². The Morgan fingerprint density at radius 3 is 2.84 bits per heavy atom. The van der Waals surface area contributed by atoms with Gasteiger partial charge >= 0.3 is 0 Å². The van der Waals surface area contributed by atoms with Gasteiger partial charge in [-0.05, 0) is 24.6 Å². The third kappa shape index (κ3) is 3.15. The first kappa shape index (κ1) is 13.2. The number of hydrogen-bond donors (Lipinski definition) is 4. The SMILES string of the molecule is CNC(=O)c1ccc(NC2CCC(=O)NC2)c(N)c1. The summed E-state index contributed by atoms with van der Waals surface area (Å²) in [6.45, 7) is 0.593. The number of amides is 2. The van der Waals surface area contributed by atoms with Gasteiger partial charge in [-0.1, -0.05) is 0 Å². The fraction of sp³-hybridized carbons (Fsp3) is 0.385. The molecule has 1 aliphatic heterocycles. The van der Waals surface area contributed by atoms with E-state index >= 15 is 0 Å². The number of piperidine rings is 1. The molecule has 102 valence electrons. The molecule has 1 unspecified atom stereocenters. The highest BCUT2D eigenvalue weighted by Crippen LogP contribution is 2.22. The first-order chi connectivity index (χ1) is 9.10. The lowest BCUT2D eigenvalue weighted by Crippen LogP contribution is -2.42. The second kappa shape index (κ2) is 5.60. The van der Waals surface area contributed by atoms with Crippen molar-refractivity contribution in [1.82, 2.24) is 10.6 Å². The zero-order valence-electron chi connectivity index (χ0n) is 10.8. The van der Waals surface area contributed by atoms with Gasteiger partial charge in [-0.15, -0.1) is 0 Å². The number of rotatable bonds is 3. The van der Waals surface area contributed by atoms with Crippen LogP contribution in [-0.4, -0.2) is 31.4 Å². The fourth-order valence-electron chi connectivity index (χ4n) is 2.06. The molecule has 0 aromatic heterocycles. The maximum absolute atomic E-state index is 11.5. The Kier molecular flexibility index (Phi) is 3.89. The average molecular weight is 262 g/mol. The standard InChI is InChI=1S/C13H18N4O2/c1-15-13(19)8-2-4-11(10(14)6-8)17-9-3-5-12(18)16-7-9/h2,4,6,9,17H,3,5,7,14H2,1H3,(H,15,19)(H,16,18). The Labute approximate surface area is 111 Å². The van der Waals surface area contributed by atoms with Crippen LogP contribution in [0.2, 0.25) is 0 Å². The van der Waals surface area contributed by atoms with E-state index in [-0.39, 0.29) is 17.9 Å². The van der Waals surface area contributed by atoms with Crippen molar-refractivity contribution in [2.24, 2.45) is 0 Å². The zero-order chi connectivity index (χ0) is 13.8. The van der Waals surface area contributed by atoms with Crippen LogP contribution in [0.1, 0.15) is 23.2 Å². The molecule has 1 aromatic carbocycles. The molecule has 0 bridgehead atoms. The minimum absolute atomic E-state index is 0.0842. The van der Waals surface area contributed by atoms with Crippen molar-refractivity contribution < 1.29 is 9.59 Å². The quantitative estimate of drug-likeness (QED) is 0.590. The van der Waals surface area contributed by atoms with Gasteiger partial charge < -0.3 is 21.7 Å². The Hall–Kier alpha value is -2.24. The predicted octanol–water partition coefficient (Wildman–Crippen LogP) is 0.319. The Morgan fingerprint density at radius 1 is 1.47 bits per heavy atom. The molecule has 5 N–H and O–H groups in total. The highest BCUT2D eigenvalue weighted by atomic mass is 16.2. The summed E-state index contributed by atoms with van der Waals surface area (Å²) in [4.78, 5) is 22.5. The molecule has 6 heteroatoms. The maximum atomic E-state index is 11.5. The van der Waals surface area contributed by atoms with E-state index in [1.54, 1.807) is 25.2 Å². The van der Waals surface area contributed by atoms with Gasteiger partial charge in [-0.2, -0.15) is 0 Å². The van der Waals surface area contributed by atoms with E-state index in [0.717, 1.165) is 12.1 Å². The van der Waals surface area contributed by atoms with Crippen LogP contribution in [0.4, 0.5) is 11.4 Å². The van der Waals surface area contributed by atoms with Gasteiger partial charge in [0.05, 0.1) is 11.4 Å². The molecule has 0 saturated carbocycles. The molecule has 6 nitrogen and oxygen atoms in total. The van der Waals surface area contributed by atoms with Crippen LogP contribution in [0.15, 0.2) is 18.2 Å². The molecule has 1 atom stereocenters. The zero-order valence-corrected chi connectivity index (χ0v) is 10.8. The second-order valence-corrected chi connectivity index (χ2v) is 4.57. The summed E-state index contributed by atoms with van der Waals surface area (Å²) in [6, 6.07) is 5.32. The molecule has 1 aliphatic rings. The van der Waals surface area contributed by atoms with Crippen molar-refractivity contribution in [3.63, 3.8) is 0 Å². The highest BCUT2D eigenvalue weighted by molar-refractivity contribution is 5.95. The lowest BCUT2D eigenvalue weighted by atomic mass is 10.1. The number of nitrogen functional groups attached to an aromatic ring is 1. The predicted molar refractivity (Wildman–Crippen MR) is 73.9 cm³/mol. The lowest BCUT2D eigenvalue weighted by Gasteiger charge is -2.25. The Morgan fingerprint density at radius 2 is 2.26 bits per heavy atom. The van der Waals surface area contributed by atoms with E-state index < -0.39 is 0 Å². The first-order valence-corrected chi connectivity index (χ1v) is 6.25. The minimum Gasteiger partial charge on any atom is -0.397 e. The molecular weight excluding hydrogens is 244 g/mol. The summed E-state index contributed by atoms with van der Waals surface area (Å²) >= 11 is 0. The summed E-state index contributed by atoms with van der Waals surface area (Å²) < 4.78 is 0. The number of hydrogen-bond acceptors (Lipinski definition) is 4. The first-order valence-electron chi connectivity index (χ1n) is 6.25. The third-order valence-electron chi connectivity index (χ3n) is 3.17. The number of benzene rings is 1. The second-order valence-electron chi connectivity index (χ2n) is 4.57. The topological polar surface area (TPSA) is 96.2 Å². The van der Waals surface area contributed by atoms with Crippen molar-refractivity contribution in [3.05, 3.63) is 23.8 Å². The number of nitrogens with two attached hydrogens (primary N) is 1. The number of anilines is 2. The summed E-state index contributed by atoms with van der Waals surface area (Å²) in [5, 5.41) is 8.64. The van der Waals surface area contributed by atoms with Crippen molar-refractivity contribution in [3.8, 4) is 0 Å². The summed E-state index contributed by atoms with van der Waals surface area (Å²) in [5.41, 5.74) is 7.77. The molecule has 0 aliphatic carbocycles. The van der Waals surface area contributed by atoms with Crippen LogP contribution in [0.5, 0.6) is 0 Å². The van der Waals surface area contributed by atoms with E-state index in [4.69, 9.17) is 5.73 Å². The van der Waals surface area contributed by atoms with Crippen LogP contribution < -0.4 is 21.7 Å². The Balaban J connectivity index is 2.05. The van der Waals surface area contributed by atoms with Crippen LogP contribution in [0.25, 0.3) is 0 Å². The molecule has 0 spiro atoms. The van der Waals surface area contributed by atoms with Crippen LogP contribution >= 0.6 is 0 Å². The largest absolute Gasteiger partial charge is 0.397 e. The van der Waals surface area contributed by atoms with Crippen molar-refractivity contribution in [2.45, 2.75) is 18.9 Å². The average Bonchev–Trinajstić information content (AvgIpc) is 2.42. The van der Waals surface area contributed by atoms with Gasteiger partial charge in [0.15, 0.2) is 0 Å². The molecule has 2 amide bonds. The van der Waals surface area contributed by atoms with Crippen LogP contribution in [0.3, 0.4) is 0 Å². The highest BCUT2D eigenvalue weighted by Gasteiger charge is 2.18. The molecular formula is C13H18N4O2. The van der Waals surface area contributed by atoms with Gasteiger partial charge in [0.1, 0.15) is 0 Å². The van der Waals surface area contributed by atoms with Gasteiger partial charge in [-0.3, -0.25) is 9.59 Å². The maximum Gasteiger partial charge on any atom is 0.251 e. The molecule has 0 radical (unpaired) electrons. The molecule has 1 aromatic rings. The Bertz CT molecular complexity index is 491. The van der Waals surface area contributed by atoms with Crippen LogP contribution in [0, 0.1) is 0 Å². The molecule has 1 fully saturated rings. The third-order valence-corrected chi connectivity index (χ3v) is 3.17. The molecule has 1 saturated heterocycles. The van der Waals surface area contributed by atoms with Crippen molar-refractivity contribution >= 4 is 23.2 Å². The monoisotopic (exact) mass is 262 g/mol. The van der Waals surface area contributed by atoms with Gasteiger partial charge in [0.25, 0.3) is 5.91 Å². The van der Waals surface area contributed by atoms with E-state index in [0.29, 0.717) is 24.2 Å². The van der Waals surface area contributed by atoms with E-state index in [9.17, 15) is 9.59 Å². The summed E-state index contributed by atoms with van der Waals surface area (Å²) in [7, 11) is 1.58. The molecule has 2 rings (SSSR count). The van der Waals surface area contributed by atoms with Gasteiger partial charge in [-0.25, -0.2) is 0 Å². The number of carbonyl (C=O) groups is 2. The van der Waals surface area contributed by atoms with E-state index in [2.05, 4.69) is 16.0 Å². The fourth-order valence-corrected chi connectivity index (χ4v) is 2.06. The van der Waals surface area contributed by atoms with Crippen LogP contribution in [-0.2, 0) is 4.79 Å². The summed E-state index contributed by atoms with van der Waals surface area (Å²) in [6.07, 6.45) is 1.30. The lowest BCUT2D eigenvalue weighted by molar-refractivity contribution is -0.122. The van der Waals surface area contributed by atoms with Gasteiger partial charge in [0.2, 0.25) is 5.91 Å². The van der Waals surface area contributed by atoms with E-state index in [1.165, 1.54) is 0 Å². The molecule has 1 heterocycles. The number of nitrogens with one attached hydrogen (secondary N) is 3. The minimum atomic E-state index is -0.164. The van der Waals surface area contributed by atoms with Crippen molar-refractivity contribution in [1.29, 1.82) is 0 Å². The molecule has 19 heavy (non-hydrogen) atoms. The smallest absolute Gasteiger partial charge is 0.251 e.